The fourth-order valence-electron chi connectivity index (χ4n) is 0.566. The van der Waals surface area contributed by atoms with Crippen molar-refractivity contribution < 1.29 is 19.5 Å². The molecule has 0 aromatic rings. The summed E-state index contributed by atoms with van der Waals surface area (Å²) in [7, 11) is 0. The predicted octanol–water partition coefficient (Wildman–Crippen LogP) is -0.143. The van der Waals surface area contributed by atoms with Gasteiger partial charge in [-0.15, -0.1) is 0 Å². The molecule has 0 aliphatic rings. The fourth-order valence-corrected chi connectivity index (χ4v) is 1.22. The van der Waals surface area contributed by atoms with Gasteiger partial charge in [0.2, 0.25) is 5.91 Å². The van der Waals surface area contributed by atoms with Gasteiger partial charge in [0.05, 0.1) is 0 Å². The molecule has 0 aromatic carbocycles. The number of aliphatic carboxylic acids is 1. The first kappa shape index (κ1) is 12.0. The van der Waals surface area contributed by atoms with Gasteiger partial charge >= 0.3 is 5.97 Å². The number of carboxylic acid groups (broad SMARTS) is 1. The van der Waals surface area contributed by atoms with Gasteiger partial charge in [0, 0.05) is 19.2 Å². The quantitative estimate of drug-likeness (QED) is 0.482. The molecule has 2 N–H and O–H groups in total. The number of nitrogens with one attached hydrogen (secondary N) is 1. The summed E-state index contributed by atoms with van der Waals surface area (Å²) in [5, 5.41) is 10.3. The van der Waals surface area contributed by atoms with Gasteiger partial charge in [-0.2, -0.15) is 0 Å². The highest BCUT2D eigenvalue weighted by molar-refractivity contribution is 8.13. The molecule has 0 heterocycles. The number of carboxylic acids is 1. The number of amides is 1. The van der Waals surface area contributed by atoms with E-state index in [1.807, 2.05) is 0 Å². The van der Waals surface area contributed by atoms with E-state index in [9.17, 15) is 14.4 Å². The first-order chi connectivity index (χ1) is 6.02. The van der Waals surface area contributed by atoms with Gasteiger partial charge in [0.25, 0.3) is 0 Å². The molecule has 0 fully saturated rings. The van der Waals surface area contributed by atoms with Crippen LogP contribution in [0, 0.1) is 0 Å². The van der Waals surface area contributed by atoms with E-state index in [4.69, 9.17) is 5.11 Å². The van der Waals surface area contributed by atoms with Crippen LogP contribution in [0.15, 0.2) is 0 Å². The van der Waals surface area contributed by atoms with Crippen molar-refractivity contribution in [2.24, 2.45) is 0 Å². The van der Waals surface area contributed by atoms with Crippen LogP contribution in [-0.4, -0.2) is 34.4 Å². The van der Waals surface area contributed by atoms with E-state index in [2.05, 4.69) is 5.32 Å². The Kier molecular flexibility index (Phi) is 5.96. The van der Waals surface area contributed by atoms with Crippen molar-refractivity contribution in [2.45, 2.75) is 13.3 Å². The second-order valence-corrected chi connectivity index (χ2v) is 3.43. The topological polar surface area (TPSA) is 83.5 Å². The SMILES string of the molecule is CC(=O)NCCSC(=O)CC(=O)O. The summed E-state index contributed by atoms with van der Waals surface area (Å²) in [6.07, 6.45) is -0.468. The number of carbonyl (C=O) groups is 3. The molecular formula is C7H11NO4S. The van der Waals surface area contributed by atoms with Crippen molar-refractivity contribution in [2.75, 3.05) is 12.3 Å². The van der Waals surface area contributed by atoms with E-state index in [-0.39, 0.29) is 5.91 Å². The summed E-state index contributed by atoms with van der Waals surface area (Å²) in [5.74, 6) is -0.880. The Hall–Kier alpha value is -1.04. The first-order valence-corrected chi connectivity index (χ1v) is 4.63. The molecule has 0 aliphatic heterocycles. The molecule has 74 valence electrons. The fraction of sp³-hybridized carbons (Fsp3) is 0.571. The summed E-state index contributed by atoms with van der Waals surface area (Å²) < 4.78 is 0. The van der Waals surface area contributed by atoms with Gasteiger partial charge < -0.3 is 10.4 Å². The zero-order valence-corrected chi connectivity index (χ0v) is 8.02. The van der Waals surface area contributed by atoms with Crippen molar-refractivity contribution in [3.05, 3.63) is 0 Å². The van der Waals surface area contributed by atoms with E-state index in [0.29, 0.717) is 12.3 Å². The minimum absolute atomic E-state index is 0.161. The molecular weight excluding hydrogens is 194 g/mol. The van der Waals surface area contributed by atoms with Crippen molar-refractivity contribution in [3.8, 4) is 0 Å². The molecule has 0 saturated heterocycles. The van der Waals surface area contributed by atoms with Gasteiger partial charge in [0.1, 0.15) is 6.42 Å². The maximum absolute atomic E-state index is 10.8. The molecule has 1 amide bonds. The van der Waals surface area contributed by atoms with Gasteiger partial charge in [-0.05, 0) is 0 Å². The zero-order chi connectivity index (χ0) is 10.3. The second-order valence-electron chi connectivity index (χ2n) is 2.27. The Balaban J connectivity index is 3.37. The van der Waals surface area contributed by atoms with Gasteiger partial charge in [-0.1, -0.05) is 11.8 Å². The number of hydrogen-bond acceptors (Lipinski definition) is 4. The van der Waals surface area contributed by atoms with Crippen LogP contribution in [-0.2, 0) is 14.4 Å². The van der Waals surface area contributed by atoms with Crippen LogP contribution < -0.4 is 5.32 Å². The lowest BCUT2D eigenvalue weighted by Gasteiger charge is -1.99. The van der Waals surface area contributed by atoms with E-state index >= 15 is 0 Å². The Morgan fingerprint density at radius 3 is 2.46 bits per heavy atom. The lowest BCUT2D eigenvalue weighted by atomic mass is 10.5. The monoisotopic (exact) mass is 205 g/mol. The lowest BCUT2D eigenvalue weighted by Crippen LogP contribution is -2.22. The van der Waals surface area contributed by atoms with Crippen LogP contribution in [0.2, 0.25) is 0 Å². The molecule has 0 atom stereocenters. The second kappa shape index (κ2) is 6.47. The van der Waals surface area contributed by atoms with Crippen LogP contribution in [0.3, 0.4) is 0 Å². The maximum atomic E-state index is 10.8. The third-order valence-corrected chi connectivity index (χ3v) is 1.91. The minimum atomic E-state index is -1.13. The van der Waals surface area contributed by atoms with Crippen LogP contribution in [0.1, 0.15) is 13.3 Å². The maximum Gasteiger partial charge on any atom is 0.311 e. The van der Waals surface area contributed by atoms with Crippen molar-refractivity contribution in [1.29, 1.82) is 0 Å². The van der Waals surface area contributed by atoms with Gasteiger partial charge in [-0.25, -0.2) is 0 Å². The van der Waals surface area contributed by atoms with Gasteiger partial charge in [-0.3, -0.25) is 14.4 Å². The van der Waals surface area contributed by atoms with Crippen LogP contribution >= 0.6 is 11.8 Å². The molecule has 0 aromatic heterocycles. The molecule has 0 radical (unpaired) electrons. The summed E-state index contributed by atoms with van der Waals surface area (Å²) in [5.41, 5.74) is 0. The molecule has 5 nitrogen and oxygen atoms in total. The molecule has 0 aliphatic carbocycles. The number of carbonyl (C=O) groups excluding carboxylic acids is 2. The third kappa shape index (κ3) is 8.87. The van der Waals surface area contributed by atoms with Crippen LogP contribution in [0.4, 0.5) is 0 Å². The Morgan fingerprint density at radius 2 is 2.00 bits per heavy atom. The molecule has 0 saturated carbocycles. The summed E-state index contributed by atoms with van der Waals surface area (Å²) in [4.78, 5) is 31.2. The van der Waals surface area contributed by atoms with Crippen LogP contribution in [0.25, 0.3) is 0 Å². The zero-order valence-electron chi connectivity index (χ0n) is 7.20. The largest absolute Gasteiger partial charge is 0.481 e. The average molecular weight is 205 g/mol. The van der Waals surface area contributed by atoms with E-state index in [0.717, 1.165) is 11.8 Å². The Labute approximate surface area is 79.9 Å². The Morgan fingerprint density at radius 1 is 1.38 bits per heavy atom. The van der Waals surface area contributed by atoms with Crippen molar-refractivity contribution in [3.63, 3.8) is 0 Å². The highest BCUT2D eigenvalue weighted by atomic mass is 32.2. The third-order valence-electron chi connectivity index (χ3n) is 1.03. The normalized spacial score (nSPS) is 9.31. The molecule has 0 unspecified atom stereocenters. The van der Waals surface area contributed by atoms with Gasteiger partial charge in [0.15, 0.2) is 5.12 Å². The minimum Gasteiger partial charge on any atom is -0.481 e. The molecule has 0 spiro atoms. The number of thioether (sulfide) groups is 1. The molecule has 0 bridgehead atoms. The average Bonchev–Trinajstić information content (AvgIpc) is 1.96. The number of hydrogen-bond donors (Lipinski definition) is 2. The molecule has 6 heteroatoms. The molecule has 0 rings (SSSR count). The summed E-state index contributed by atoms with van der Waals surface area (Å²) >= 11 is 0.912. The summed E-state index contributed by atoms with van der Waals surface area (Å²) in [6, 6.07) is 0. The predicted molar refractivity (Wildman–Crippen MR) is 48.4 cm³/mol. The van der Waals surface area contributed by atoms with E-state index in [1.165, 1.54) is 6.92 Å². The van der Waals surface area contributed by atoms with Crippen LogP contribution in [0.5, 0.6) is 0 Å². The lowest BCUT2D eigenvalue weighted by molar-refractivity contribution is -0.138. The molecule has 13 heavy (non-hydrogen) atoms. The van der Waals surface area contributed by atoms with E-state index in [1.54, 1.807) is 0 Å². The van der Waals surface area contributed by atoms with Crippen molar-refractivity contribution in [1.82, 2.24) is 5.32 Å². The standard InChI is InChI=1S/C7H11NO4S/c1-5(9)8-2-3-13-7(12)4-6(10)11/h2-4H2,1H3,(H,8,9)(H,10,11). The Bertz CT molecular complexity index is 217. The number of rotatable bonds is 5. The van der Waals surface area contributed by atoms with E-state index < -0.39 is 17.5 Å². The smallest absolute Gasteiger partial charge is 0.311 e. The highest BCUT2D eigenvalue weighted by Crippen LogP contribution is 2.03. The highest BCUT2D eigenvalue weighted by Gasteiger charge is 2.07. The first-order valence-electron chi connectivity index (χ1n) is 3.64. The summed E-state index contributed by atoms with van der Waals surface area (Å²) in [6.45, 7) is 1.76. The van der Waals surface area contributed by atoms with Crippen molar-refractivity contribution >= 4 is 28.8 Å².